The SMILES string of the molecule is CCCNC(=O)CNC(=O)CN1C(=O)c2ccccc2S1(=O)=O. The summed E-state index contributed by atoms with van der Waals surface area (Å²) in [7, 11) is -4.02. The van der Waals surface area contributed by atoms with Crippen molar-refractivity contribution in [3.05, 3.63) is 29.8 Å². The number of benzene rings is 1. The summed E-state index contributed by atoms with van der Waals surface area (Å²) in [5, 5.41) is 4.86. The lowest BCUT2D eigenvalue weighted by Gasteiger charge is -2.14. The molecule has 0 aliphatic carbocycles. The third-order valence-electron chi connectivity index (χ3n) is 3.22. The lowest BCUT2D eigenvalue weighted by Crippen LogP contribution is -2.43. The number of hydrogen-bond acceptors (Lipinski definition) is 5. The molecule has 2 rings (SSSR count). The van der Waals surface area contributed by atoms with Crippen LogP contribution in [0.3, 0.4) is 0 Å². The molecule has 1 aromatic rings. The van der Waals surface area contributed by atoms with Crippen molar-refractivity contribution < 1.29 is 22.8 Å². The number of carbonyl (C=O) groups is 3. The summed E-state index contributed by atoms with van der Waals surface area (Å²) in [5.74, 6) is -1.84. The molecule has 9 heteroatoms. The summed E-state index contributed by atoms with van der Waals surface area (Å²) in [6, 6.07) is 5.77. The smallest absolute Gasteiger partial charge is 0.269 e. The van der Waals surface area contributed by atoms with E-state index in [2.05, 4.69) is 10.6 Å². The number of amides is 3. The van der Waals surface area contributed by atoms with E-state index in [1.54, 1.807) is 6.07 Å². The van der Waals surface area contributed by atoms with Gasteiger partial charge in [0, 0.05) is 6.54 Å². The Bertz CT molecular complexity index is 745. The highest BCUT2D eigenvalue weighted by Crippen LogP contribution is 2.29. The average molecular weight is 339 g/mol. The highest BCUT2D eigenvalue weighted by Gasteiger charge is 2.41. The number of fused-ring (bicyclic) bond motifs is 1. The Morgan fingerprint density at radius 1 is 1.13 bits per heavy atom. The maximum absolute atomic E-state index is 12.3. The number of sulfonamides is 1. The lowest BCUT2D eigenvalue weighted by molar-refractivity contribution is -0.126. The van der Waals surface area contributed by atoms with E-state index >= 15 is 0 Å². The second-order valence-electron chi connectivity index (χ2n) is 4.94. The minimum absolute atomic E-state index is 0.0426. The van der Waals surface area contributed by atoms with E-state index in [0.717, 1.165) is 6.42 Å². The van der Waals surface area contributed by atoms with Crippen LogP contribution < -0.4 is 10.6 Å². The number of rotatable bonds is 6. The Labute approximate surface area is 133 Å². The fraction of sp³-hybridized carbons (Fsp3) is 0.357. The summed E-state index contributed by atoms with van der Waals surface area (Å²) >= 11 is 0. The van der Waals surface area contributed by atoms with Crippen molar-refractivity contribution in [2.24, 2.45) is 0 Å². The van der Waals surface area contributed by atoms with Gasteiger partial charge in [0.1, 0.15) is 11.4 Å². The molecule has 0 spiro atoms. The fourth-order valence-corrected chi connectivity index (χ4v) is 3.60. The van der Waals surface area contributed by atoms with Gasteiger partial charge >= 0.3 is 0 Å². The molecule has 0 saturated carbocycles. The van der Waals surface area contributed by atoms with Gasteiger partial charge in [0.2, 0.25) is 11.8 Å². The van der Waals surface area contributed by atoms with E-state index in [-0.39, 0.29) is 22.9 Å². The molecule has 1 aliphatic rings. The molecule has 8 nitrogen and oxygen atoms in total. The van der Waals surface area contributed by atoms with Gasteiger partial charge in [-0.15, -0.1) is 0 Å². The lowest BCUT2D eigenvalue weighted by atomic mass is 10.2. The Kier molecular flexibility index (Phi) is 4.99. The maximum Gasteiger partial charge on any atom is 0.269 e. The molecule has 0 bridgehead atoms. The van der Waals surface area contributed by atoms with Crippen LogP contribution in [0.1, 0.15) is 23.7 Å². The van der Waals surface area contributed by atoms with Crippen LogP contribution in [0.4, 0.5) is 0 Å². The summed E-state index contributed by atoms with van der Waals surface area (Å²) in [6.07, 6.45) is 0.762. The predicted molar refractivity (Wildman–Crippen MR) is 81.0 cm³/mol. The fourth-order valence-electron chi connectivity index (χ4n) is 2.08. The second kappa shape index (κ2) is 6.78. The van der Waals surface area contributed by atoms with Crippen LogP contribution in [-0.4, -0.2) is 50.1 Å². The van der Waals surface area contributed by atoms with Crippen LogP contribution in [0.5, 0.6) is 0 Å². The van der Waals surface area contributed by atoms with E-state index in [1.807, 2.05) is 6.92 Å². The van der Waals surface area contributed by atoms with Gasteiger partial charge in [-0.1, -0.05) is 19.1 Å². The van der Waals surface area contributed by atoms with Gasteiger partial charge in [-0.2, -0.15) is 0 Å². The first-order valence-corrected chi connectivity index (χ1v) is 8.51. The van der Waals surface area contributed by atoms with Gasteiger partial charge in [0.25, 0.3) is 15.9 Å². The zero-order valence-electron chi connectivity index (χ0n) is 12.5. The zero-order chi connectivity index (χ0) is 17.0. The molecule has 0 saturated heterocycles. The van der Waals surface area contributed by atoms with Crippen molar-refractivity contribution in [3.8, 4) is 0 Å². The molecular formula is C14H17N3O5S. The van der Waals surface area contributed by atoms with E-state index in [4.69, 9.17) is 0 Å². The summed E-state index contributed by atoms with van der Waals surface area (Å²) < 4.78 is 25.0. The number of carbonyl (C=O) groups excluding carboxylic acids is 3. The van der Waals surface area contributed by atoms with Gasteiger partial charge in [-0.3, -0.25) is 14.4 Å². The molecule has 124 valence electrons. The van der Waals surface area contributed by atoms with Gasteiger partial charge in [-0.05, 0) is 18.6 Å². The number of nitrogens with zero attached hydrogens (tertiary/aromatic N) is 1. The second-order valence-corrected chi connectivity index (χ2v) is 6.77. The van der Waals surface area contributed by atoms with E-state index in [9.17, 15) is 22.8 Å². The van der Waals surface area contributed by atoms with Crippen LogP contribution in [-0.2, 0) is 19.6 Å². The van der Waals surface area contributed by atoms with Crippen molar-refractivity contribution in [2.45, 2.75) is 18.2 Å². The van der Waals surface area contributed by atoms with Crippen molar-refractivity contribution in [3.63, 3.8) is 0 Å². The molecule has 0 unspecified atom stereocenters. The first-order valence-electron chi connectivity index (χ1n) is 7.07. The monoisotopic (exact) mass is 339 g/mol. The summed E-state index contributed by atoms with van der Waals surface area (Å²) in [6.45, 7) is 1.45. The van der Waals surface area contributed by atoms with Crippen molar-refractivity contribution >= 4 is 27.7 Å². The summed E-state index contributed by atoms with van der Waals surface area (Å²) in [5.41, 5.74) is 0.0426. The van der Waals surface area contributed by atoms with Crippen LogP contribution in [0.25, 0.3) is 0 Å². The number of hydrogen-bond donors (Lipinski definition) is 2. The van der Waals surface area contributed by atoms with Crippen LogP contribution >= 0.6 is 0 Å². The quantitative estimate of drug-likeness (QED) is 0.724. The first kappa shape index (κ1) is 16.9. The minimum atomic E-state index is -4.02. The molecule has 0 atom stereocenters. The Balaban J connectivity index is 2.00. The molecular weight excluding hydrogens is 322 g/mol. The Morgan fingerprint density at radius 3 is 2.48 bits per heavy atom. The van der Waals surface area contributed by atoms with E-state index in [0.29, 0.717) is 10.8 Å². The normalized spacial score (nSPS) is 15.2. The minimum Gasteiger partial charge on any atom is -0.355 e. The molecule has 0 aromatic heterocycles. The van der Waals surface area contributed by atoms with Gasteiger partial charge in [0.15, 0.2) is 0 Å². The topological polar surface area (TPSA) is 113 Å². The Morgan fingerprint density at radius 2 is 1.83 bits per heavy atom. The summed E-state index contributed by atoms with van der Waals surface area (Å²) in [4.78, 5) is 35.2. The van der Waals surface area contributed by atoms with E-state index < -0.39 is 28.4 Å². The van der Waals surface area contributed by atoms with Crippen LogP contribution in [0.2, 0.25) is 0 Å². The molecule has 0 radical (unpaired) electrons. The first-order chi connectivity index (χ1) is 10.9. The van der Waals surface area contributed by atoms with Gasteiger partial charge in [0.05, 0.1) is 12.1 Å². The average Bonchev–Trinajstić information content (AvgIpc) is 2.72. The molecule has 1 heterocycles. The van der Waals surface area contributed by atoms with Gasteiger partial charge < -0.3 is 10.6 Å². The van der Waals surface area contributed by atoms with E-state index in [1.165, 1.54) is 18.2 Å². The molecule has 0 fully saturated rings. The van der Waals surface area contributed by atoms with Crippen molar-refractivity contribution in [1.82, 2.24) is 14.9 Å². The molecule has 23 heavy (non-hydrogen) atoms. The maximum atomic E-state index is 12.3. The number of nitrogens with one attached hydrogen (secondary N) is 2. The molecule has 2 N–H and O–H groups in total. The van der Waals surface area contributed by atoms with Crippen LogP contribution in [0, 0.1) is 0 Å². The highest BCUT2D eigenvalue weighted by atomic mass is 32.2. The van der Waals surface area contributed by atoms with Crippen LogP contribution in [0.15, 0.2) is 29.2 Å². The third kappa shape index (κ3) is 3.50. The van der Waals surface area contributed by atoms with Gasteiger partial charge in [-0.25, -0.2) is 12.7 Å². The molecule has 1 aliphatic heterocycles. The van der Waals surface area contributed by atoms with Crippen molar-refractivity contribution in [1.29, 1.82) is 0 Å². The highest BCUT2D eigenvalue weighted by molar-refractivity contribution is 7.90. The predicted octanol–water partition coefficient (Wildman–Crippen LogP) is -0.526. The van der Waals surface area contributed by atoms with Crippen molar-refractivity contribution in [2.75, 3.05) is 19.6 Å². The zero-order valence-corrected chi connectivity index (χ0v) is 13.4. The largest absolute Gasteiger partial charge is 0.355 e. The standard InChI is InChI=1S/C14H17N3O5S/c1-2-7-15-12(18)8-16-13(19)9-17-14(20)10-5-3-4-6-11(10)23(17,21)22/h3-6H,2,7-9H2,1H3,(H,15,18)(H,16,19). The third-order valence-corrected chi connectivity index (χ3v) is 5.00. The Hall–Kier alpha value is -2.42. The molecule has 3 amide bonds. The molecule has 1 aromatic carbocycles.